The van der Waals surface area contributed by atoms with E-state index in [1.165, 1.54) is 0 Å². The lowest BCUT2D eigenvalue weighted by molar-refractivity contribution is 0.0773. The molecule has 3 atom stereocenters. The van der Waals surface area contributed by atoms with Crippen LogP contribution in [0.3, 0.4) is 0 Å². The molecular formula is C11H17N3O3. The number of ether oxygens (including phenoxy) is 2. The topological polar surface area (TPSA) is 83.4 Å². The van der Waals surface area contributed by atoms with Crippen molar-refractivity contribution in [3.8, 4) is 0 Å². The Labute approximate surface area is 99.5 Å². The molecule has 17 heavy (non-hydrogen) atoms. The largest absolute Gasteiger partial charge is 0.381 e. The number of hydrogen-bond acceptors (Lipinski definition) is 6. The lowest BCUT2D eigenvalue weighted by Crippen LogP contribution is -2.27. The van der Waals surface area contributed by atoms with Gasteiger partial charge in [-0.25, -0.2) is 0 Å². The first-order chi connectivity index (χ1) is 8.34. The second-order valence-electron chi connectivity index (χ2n) is 4.71. The lowest BCUT2D eigenvalue weighted by atomic mass is 10.0. The van der Waals surface area contributed by atoms with E-state index in [-0.39, 0.29) is 17.9 Å². The van der Waals surface area contributed by atoms with Crippen molar-refractivity contribution >= 4 is 0 Å². The van der Waals surface area contributed by atoms with Gasteiger partial charge in [-0.3, -0.25) is 0 Å². The first-order valence-electron chi connectivity index (χ1n) is 6.09. The summed E-state index contributed by atoms with van der Waals surface area (Å²) in [6.45, 7) is 2.66. The van der Waals surface area contributed by atoms with E-state index in [1.807, 2.05) is 0 Å². The maximum absolute atomic E-state index is 5.92. The summed E-state index contributed by atoms with van der Waals surface area (Å²) >= 11 is 0. The third-order valence-electron chi connectivity index (χ3n) is 3.42. The summed E-state index contributed by atoms with van der Waals surface area (Å²) in [5.74, 6) is 1.66. The quantitative estimate of drug-likeness (QED) is 0.804. The fraction of sp³-hybridized carbons (Fsp3) is 0.818. The molecule has 0 radical (unpaired) electrons. The standard InChI is InChI=1S/C11H17N3O3/c12-9-6-16-5-8(9)11-13-10(14-17-11)7-2-1-3-15-4-7/h7-9H,1-6,12H2. The van der Waals surface area contributed by atoms with Crippen LogP contribution in [0, 0.1) is 0 Å². The minimum atomic E-state index is -0.0362. The Morgan fingerprint density at radius 1 is 1.18 bits per heavy atom. The Morgan fingerprint density at radius 3 is 2.82 bits per heavy atom. The highest BCUT2D eigenvalue weighted by Gasteiger charge is 2.32. The van der Waals surface area contributed by atoms with Crippen LogP contribution in [0.1, 0.15) is 36.4 Å². The van der Waals surface area contributed by atoms with Crippen LogP contribution in [-0.4, -0.2) is 42.6 Å². The lowest BCUT2D eigenvalue weighted by Gasteiger charge is -2.18. The van der Waals surface area contributed by atoms with Gasteiger partial charge >= 0.3 is 0 Å². The van der Waals surface area contributed by atoms with Crippen LogP contribution in [0.2, 0.25) is 0 Å². The SMILES string of the molecule is NC1COCC1c1nc(C2CCCOC2)no1. The average molecular weight is 239 g/mol. The van der Waals surface area contributed by atoms with Crippen LogP contribution in [0.25, 0.3) is 0 Å². The number of hydrogen-bond donors (Lipinski definition) is 1. The van der Waals surface area contributed by atoms with Crippen LogP contribution in [-0.2, 0) is 9.47 Å². The van der Waals surface area contributed by atoms with Crippen LogP contribution in [0.5, 0.6) is 0 Å². The number of rotatable bonds is 2. The highest BCUT2D eigenvalue weighted by atomic mass is 16.5. The van der Waals surface area contributed by atoms with E-state index in [4.69, 9.17) is 19.7 Å². The first kappa shape index (κ1) is 11.1. The summed E-state index contributed by atoms with van der Waals surface area (Å²) in [6, 6.07) is -0.0362. The normalized spacial score (nSPS) is 34.1. The van der Waals surface area contributed by atoms with Crippen LogP contribution in [0.15, 0.2) is 4.52 Å². The Morgan fingerprint density at radius 2 is 2.12 bits per heavy atom. The Bertz CT molecular complexity index is 376. The molecule has 6 heteroatoms. The van der Waals surface area contributed by atoms with Crippen LogP contribution < -0.4 is 5.73 Å². The average Bonchev–Trinajstić information content (AvgIpc) is 2.98. The molecule has 1 aromatic rings. The smallest absolute Gasteiger partial charge is 0.233 e. The summed E-state index contributed by atoms with van der Waals surface area (Å²) in [5, 5.41) is 4.04. The van der Waals surface area contributed by atoms with Crippen molar-refractivity contribution in [3.05, 3.63) is 11.7 Å². The zero-order valence-electron chi connectivity index (χ0n) is 9.67. The van der Waals surface area contributed by atoms with E-state index in [0.29, 0.717) is 25.7 Å². The maximum Gasteiger partial charge on any atom is 0.233 e. The molecule has 0 spiro atoms. The molecule has 2 saturated heterocycles. The van der Waals surface area contributed by atoms with Gasteiger partial charge in [-0.15, -0.1) is 0 Å². The minimum Gasteiger partial charge on any atom is -0.381 e. The van der Waals surface area contributed by atoms with E-state index in [1.54, 1.807) is 0 Å². The van der Waals surface area contributed by atoms with Gasteiger partial charge in [0.25, 0.3) is 0 Å². The molecular weight excluding hydrogens is 222 g/mol. The summed E-state index contributed by atoms with van der Waals surface area (Å²) in [7, 11) is 0. The minimum absolute atomic E-state index is 0.0362. The fourth-order valence-corrected chi connectivity index (χ4v) is 2.33. The highest BCUT2D eigenvalue weighted by Crippen LogP contribution is 2.27. The Balaban J connectivity index is 1.73. The summed E-state index contributed by atoms with van der Waals surface area (Å²) < 4.78 is 16.0. The summed E-state index contributed by atoms with van der Waals surface area (Å²) in [5.41, 5.74) is 5.92. The van der Waals surface area contributed by atoms with Gasteiger partial charge in [0, 0.05) is 18.6 Å². The molecule has 6 nitrogen and oxygen atoms in total. The number of nitrogens with zero attached hydrogens (tertiary/aromatic N) is 2. The molecule has 2 aliphatic rings. The molecule has 3 unspecified atom stereocenters. The highest BCUT2D eigenvalue weighted by molar-refractivity contribution is 5.04. The number of aromatic nitrogens is 2. The van der Waals surface area contributed by atoms with Gasteiger partial charge in [0.15, 0.2) is 5.82 Å². The monoisotopic (exact) mass is 239 g/mol. The molecule has 0 amide bonds. The molecule has 0 aliphatic carbocycles. The third kappa shape index (κ3) is 2.20. The third-order valence-corrected chi connectivity index (χ3v) is 3.42. The van der Waals surface area contributed by atoms with Gasteiger partial charge in [-0.1, -0.05) is 5.16 Å². The second-order valence-corrected chi connectivity index (χ2v) is 4.71. The van der Waals surface area contributed by atoms with Gasteiger partial charge < -0.3 is 19.7 Å². The molecule has 0 bridgehead atoms. The van der Waals surface area contributed by atoms with Gasteiger partial charge in [-0.2, -0.15) is 4.98 Å². The molecule has 2 N–H and O–H groups in total. The van der Waals surface area contributed by atoms with E-state index >= 15 is 0 Å². The van der Waals surface area contributed by atoms with E-state index < -0.39 is 0 Å². The maximum atomic E-state index is 5.92. The van der Waals surface area contributed by atoms with Crippen molar-refractivity contribution < 1.29 is 14.0 Å². The molecule has 94 valence electrons. The van der Waals surface area contributed by atoms with Crippen molar-refractivity contribution in [2.45, 2.75) is 30.7 Å². The van der Waals surface area contributed by atoms with Gasteiger partial charge in [0.1, 0.15) is 0 Å². The Hall–Kier alpha value is -0.980. The van der Waals surface area contributed by atoms with E-state index in [0.717, 1.165) is 25.3 Å². The van der Waals surface area contributed by atoms with Crippen LogP contribution in [0.4, 0.5) is 0 Å². The zero-order chi connectivity index (χ0) is 11.7. The van der Waals surface area contributed by atoms with Crippen molar-refractivity contribution in [3.63, 3.8) is 0 Å². The van der Waals surface area contributed by atoms with Crippen molar-refractivity contribution in [2.24, 2.45) is 5.73 Å². The zero-order valence-corrected chi connectivity index (χ0v) is 9.67. The first-order valence-corrected chi connectivity index (χ1v) is 6.09. The van der Waals surface area contributed by atoms with E-state index in [9.17, 15) is 0 Å². The molecule has 3 rings (SSSR count). The molecule has 2 fully saturated rings. The van der Waals surface area contributed by atoms with Gasteiger partial charge in [0.05, 0.1) is 25.7 Å². The second kappa shape index (κ2) is 4.72. The van der Waals surface area contributed by atoms with Gasteiger partial charge in [0.2, 0.25) is 5.89 Å². The predicted octanol–water partition coefficient (Wildman–Crippen LogP) is 0.405. The fourth-order valence-electron chi connectivity index (χ4n) is 2.33. The van der Waals surface area contributed by atoms with Gasteiger partial charge in [-0.05, 0) is 12.8 Å². The van der Waals surface area contributed by atoms with E-state index in [2.05, 4.69) is 10.1 Å². The Kier molecular flexibility index (Phi) is 3.09. The van der Waals surface area contributed by atoms with Crippen molar-refractivity contribution in [1.29, 1.82) is 0 Å². The molecule has 1 aromatic heterocycles. The summed E-state index contributed by atoms with van der Waals surface area (Å²) in [4.78, 5) is 4.45. The predicted molar refractivity (Wildman–Crippen MR) is 58.6 cm³/mol. The van der Waals surface area contributed by atoms with Crippen molar-refractivity contribution in [2.75, 3.05) is 26.4 Å². The number of nitrogens with two attached hydrogens (primary N) is 1. The molecule has 3 heterocycles. The summed E-state index contributed by atoms with van der Waals surface area (Å²) in [6.07, 6.45) is 2.12. The molecule has 0 aromatic carbocycles. The van der Waals surface area contributed by atoms with Crippen LogP contribution >= 0.6 is 0 Å². The van der Waals surface area contributed by atoms with Crippen molar-refractivity contribution in [1.82, 2.24) is 10.1 Å². The molecule has 2 aliphatic heterocycles. The molecule has 0 saturated carbocycles.